The summed E-state index contributed by atoms with van der Waals surface area (Å²) in [6.45, 7) is 6.12. The van der Waals surface area contributed by atoms with Crippen LogP contribution in [0.15, 0.2) is 36.7 Å². The van der Waals surface area contributed by atoms with E-state index < -0.39 is 5.38 Å². The largest absolute Gasteiger partial charge is 0.292 e. The molecule has 0 saturated heterocycles. The molecule has 0 aliphatic rings. The number of rotatable bonds is 10. The summed E-state index contributed by atoms with van der Waals surface area (Å²) < 4.78 is 0. The highest BCUT2D eigenvalue weighted by molar-refractivity contribution is 6.34. The molecule has 4 heteroatoms. The van der Waals surface area contributed by atoms with Crippen LogP contribution in [0.25, 0.3) is 11.4 Å². The standard InChI is InChI=1S/C22H29ClN2O/c1-4-5-6-7-8-9-17-14-24-22(25-15-17)19-12-10-18(11-13-19)21(26)20(23)16(2)3/h10-16,20H,4-9H2,1-3H3. The number of ketones is 1. The van der Waals surface area contributed by atoms with Gasteiger partial charge in [0.15, 0.2) is 11.6 Å². The molecule has 1 aromatic heterocycles. The van der Waals surface area contributed by atoms with E-state index in [0.717, 1.165) is 12.0 Å². The molecule has 1 aromatic carbocycles. The van der Waals surface area contributed by atoms with E-state index in [9.17, 15) is 4.79 Å². The number of nitrogens with zero attached hydrogens (tertiary/aromatic N) is 2. The number of unbranched alkanes of at least 4 members (excludes halogenated alkanes) is 4. The third kappa shape index (κ3) is 5.91. The van der Waals surface area contributed by atoms with Crippen molar-refractivity contribution in [3.8, 4) is 11.4 Å². The van der Waals surface area contributed by atoms with Crippen molar-refractivity contribution < 1.29 is 4.79 Å². The fourth-order valence-corrected chi connectivity index (χ4v) is 2.94. The van der Waals surface area contributed by atoms with Gasteiger partial charge in [-0.1, -0.05) is 70.7 Å². The minimum absolute atomic E-state index is 0.0347. The fraction of sp³-hybridized carbons (Fsp3) is 0.500. The van der Waals surface area contributed by atoms with E-state index in [1.54, 1.807) is 12.1 Å². The van der Waals surface area contributed by atoms with Gasteiger partial charge in [0.25, 0.3) is 0 Å². The van der Waals surface area contributed by atoms with E-state index in [1.807, 2.05) is 38.4 Å². The monoisotopic (exact) mass is 372 g/mol. The van der Waals surface area contributed by atoms with E-state index in [0.29, 0.717) is 11.4 Å². The fourth-order valence-electron chi connectivity index (χ4n) is 2.81. The Hall–Kier alpha value is -1.74. The Morgan fingerprint density at radius 2 is 1.62 bits per heavy atom. The number of alkyl halides is 1. The molecule has 0 spiro atoms. The van der Waals surface area contributed by atoms with Crippen molar-refractivity contribution in [3.63, 3.8) is 0 Å². The summed E-state index contributed by atoms with van der Waals surface area (Å²) >= 11 is 6.17. The highest BCUT2D eigenvalue weighted by Crippen LogP contribution is 2.20. The minimum atomic E-state index is -0.492. The van der Waals surface area contributed by atoms with E-state index in [4.69, 9.17) is 11.6 Å². The lowest BCUT2D eigenvalue weighted by Gasteiger charge is -2.12. The molecule has 0 aliphatic carbocycles. The Bertz CT molecular complexity index is 680. The lowest BCUT2D eigenvalue weighted by Crippen LogP contribution is -2.20. The number of Topliss-reactive ketones (excluding diaryl/α,β-unsaturated/α-hetero) is 1. The molecular weight excluding hydrogens is 344 g/mol. The molecule has 1 atom stereocenters. The second-order valence-electron chi connectivity index (χ2n) is 7.17. The second kappa shape index (κ2) is 10.4. The number of carbonyl (C=O) groups is 1. The normalized spacial score (nSPS) is 12.3. The van der Waals surface area contributed by atoms with Gasteiger partial charge in [0.2, 0.25) is 0 Å². The Morgan fingerprint density at radius 1 is 1.00 bits per heavy atom. The van der Waals surface area contributed by atoms with Gasteiger partial charge in [0, 0.05) is 23.5 Å². The van der Waals surface area contributed by atoms with Crippen molar-refractivity contribution in [1.29, 1.82) is 0 Å². The minimum Gasteiger partial charge on any atom is -0.292 e. The molecule has 0 aliphatic heterocycles. The van der Waals surface area contributed by atoms with Crippen LogP contribution in [0.1, 0.15) is 68.8 Å². The molecular formula is C22H29ClN2O. The maximum atomic E-state index is 12.3. The molecule has 1 heterocycles. The highest BCUT2D eigenvalue weighted by Gasteiger charge is 2.20. The molecule has 2 aromatic rings. The molecule has 0 N–H and O–H groups in total. The molecule has 0 saturated carbocycles. The SMILES string of the molecule is CCCCCCCc1cnc(-c2ccc(C(=O)C(Cl)C(C)C)cc2)nc1. The van der Waals surface area contributed by atoms with Crippen LogP contribution in [0, 0.1) is 5.92 Å². The summed E-state index contributed by atoms with van der Waals surface area (Å²) in [6, 6.07) is 7.38. The van der Waals surface area contributed by atoms with Gasteiger partial charge in [-0.05, 0) is 24.3 Å². The maximum absolute atomic E-state index is 12.3. The first kappa shape index (κ1) is 20.6. The first-order valence-electron chi connectivity index (χ1n) is 9.62. The van der Waals surface area contributed by atoms with Crippen molar-refractivity contribution in [2.24, 2.45) is 5.92 Å². The van der Waals surface area contributed by atoms with E-state index >= 15 is 0 Å². The number of carbonyl (C=O) groups excluding carboxylic acids is 1. The second-order valence-corrected chi connectivity index (χ2v) is 7.64. The molecule has 0 bridgehead atoms. The van der Waals surface area contributed by atoms with Crippen LogP contribution >= 0.6 is 11.6 Å². The Morgan fingerprint density at radius 3 is 2.19 bits per heavy atom. The van der Waals surface area contributed by atoms with Crippen LogP contribution in [0.4, 0.5) is 0 Å². The van der Waals surface area contributed by atoms with Gasteiger partial charge in [-0.15, -0.1) is 11.6 Å². The zero-order chi connectivity index (χ0) is 18.9. The van der Waals surface area contributed by atoms with Gasteiger partial charge in [-0.2, -0.15) is 0 Å². The number of benzene rings is 1. The predicted molar refractivity (Wildman–Crippen MR) is 109 cm³/mol. The average Bonchev–Trinajstić information content (AvgIpc) is 2.67. The third-order valence-corrected chi connectivity index (χ3v) is 5.24. The smallest absolute Gasteiger partial charge is 0.180 e. The van der Waals surface area contributed by atoms with Crippen molar-refractivity contribution >= 4 is 17.4 Å². The molecule has 0 fully saturated rings. The van der Waals surface area contributed by atoms with E-state index in [1.165, 1.54) is 37.7 Å². The zero-order valence-electron chi connectivity index (χ0n) is 16.0. The summed E-state index contributed by atoms with van der Waals surface area (Å²) in [4.78, 5) is 21.2. The van der Waals surface area contributed by atoms with E-state index in [2.05, 4.69) is 16.9 Å². The van der Waals surface area contributed by atoms with Crippen LogP contribution < -0.4 is 0 Å². The molecule has 3 nitrogen and oxygen atoms in total. The molecule has 1 unspecified atom stereocenters. The van der Waals surface area contributed by atoms with Gasteiger partial charge in [-0.3, -0.25) is 4.79 Å². The molecule has 0 amide bonds. The topological polar surface area (TPSA) is 42.9 Å². The van der Waals surface area contributed by atoms with Gasteiger partial charge < -0.3 is 0 Å². The van der Waals surface area contributed by atoms with Crippen LogP contribution in [0.5, 0.6) is 0 Å². The number of hydrogen-bond acceptors (Lipinski definition) is 3. The molecule has 26 heavy (non-hydrogen) atoms. The lowest BCUT2D eigenvalue weighted by molar-refractivity contribution is 0.0972. The number of aryl methyl sites for hydroxylation is 1. The highest BCUT2D eigenvalue weighted by atomic mass is 35.5. The van der Waals surface area contributed by atoms with Crippen molar-refractivity contribution in [2.75, 3.05) is 0 Å². The third-order valence-electron chi connectivity index (χ3n) is 4.54. The summed E-state index contributed by atoms with van der Waals surface area (Å²) in [5, 5.41) is -0.492. The van der Waals surface area contributed by atoms with Crippen LogP contribution in [0.3, 0.4) is 0 Å². The predicted octanol–water partition coefficient (Wildman–Crippen LogP) is 6.10. The quantitative estimate of drug-likeness (QED) is 0.287. The van der Waals surface area contributed by atoms with E-state index in [-0.39, 0.29) is 11.7 Å². The first-order valence-corrected chi connectivity index (χ1v) is 10.1. The molecule has 0 radical (unpaired) electrons. The van der Waals surface area contributed by atoms with Gasteiger partial charge in [0.1, 0.15) is 0 Å². The number of halogens is 1. The molecule has 140 valence electrons. The number of hydrogen-bond donors (Lipinski definition) is 0. The Kier molecular flexibility index (Phi) is 8.24. The first-order chi connectivity index (χ1) is 12.5. The summed E-state index contributed by atoms with van der Waals surface area (Å²) in [6.07, 6.45) is 11.2. The van der Waals surface area contributed by atoms with Crippen molar-refractivity contribution in [3.05, 3.63) is 47.8 Å². The van der Waals surface area contributed by atoms with Gasteiger partial charge in [0.05, 0.1) is 5.38 Å². The van der Waals surface area contributed by atoms with Gasteiger partial charge in [-0.25, -0.2) is 9.97 Å². The number of aromatic nitrogens is 2. The van der Waals surface area contributed by atoms with Crippen LogP contribution in [-0.4, -0.2) is 21.1 Å². The van der Waals surface area contributed by atoms with Crippen molar-refractivity contribution in [2.45, 2.75) is 64.7 Å². The summed E-state index contributed by atoms with van der Waals surface area (Å²) in [5.74, 6) is 0.763. The van der Waals surface area contributed by atoms with Gasteiger partial charge >= 0.3 is 0 Å². The lowest BCUT2D eigenvalue weighted by atomic mass is 9.99. The van der Waals surface area contributed by atoms with Crippen LogP contribution in [-0.2, 0) is 6.42 Å². The Labute approximate surface area is 162 Å². The Balaban J connectivity index is 1.95. The van der Waals surface area contributed by atoms with Crippen LogP contribution in [0.2, 0.25) is 0 Å². The zero-order valence-corrected chi connectivity index (χ0v) is 16.8. The maximum Gasteiger partial charge on any atom is 0.180 e. The molecule has 2 rings (SSSR count). The summed E-state index contributed by atoms with van der Waals surface area (Å²) in [5.41, 5.74) is 2.72. The average molecular weight is 373 g/mol. The summed E-state index contributed by atoms with van der Waals surface area (Å²) in [7, 11) is 0. The van der Waals surface area contributed by atoms with Crippen molar-refractivity contribution in [1.82, 2.24) is 9.97 Å².